The Morgan fingerprint density at radius 3 is 2.83 bits per heavy atom. The number of nitro groups is 1. The van der Waals surface area contributed by atoms with Crippen LogP contribution in [0.2, 0.25) is 0 Å². The Hall–Kier alpha value is -1.74. The summed E-state index contributed by atoms with van der Waals surface area (Å²) >= 11 is 2.58. The molecule has 0 unspecified atom stereocenters. The van der Waals surface area contributed by atoms with E-state index in [-0.39, 0.29) is 0 Å². The molecule has 94 valence electrons. The number of nitrogens with two attached hydrogens (primary N) is 1. The zero-order chi connectivity index (χ0) is 13.1. The van der Waals surface area contributed by atoms with Crippen molar-refractivity contribution < 1.29 is 9.31 Å². The predicted molar refractivity (Wildman–Crippen MR) is 66.9 cm³/mol. The quantitative estimate of drug-likeness (QED) is 0.527. The molecule has 6 nitrogen and oxygen atoms in total. The number of halogens is 1. The highest BCUT2D eigenvalue weighted by molar-refractivity contribution is 8.00. The number of hydrogen-bond donors (Lipinski definition) is 1. The van der Waals surface area contributed by atoms with Gasteiger partial charge in [0, 0.05) is 11.8 Å². The number of rotatable bonds is 4. The van der Waals surface area contributed by atoms with Crippen molar-refractivity contribution in [1.82, 2.24) is 10.2 Å². The van der Waals surface area contributed by atoms with Crippen LogP contribution in [0.25, 0.3) is 0 Å². The molecular formula is C9H7FN4O2S2. The molecule has 0 aliphatic rings. The van der Waals surface area contributed by atoms with E-state index in [0.29, 0.717) is 20.8 Å². The molecule has 0 aliphatic carbocycles. The Kier molecular flexibility index (Phi) is 3.72. The number of thioether (sulfide) groups is 1. The molecule has 0 radical (unpaired) electrons. The maximum atomic E-state index is 13.3. The molecule has 2 rings (SSSR count). The standard InChI is InChI=1S/C9H7FN4O2S2/c10-6-3-5(1-2-7(6)14(15)16)4-17-9-13-12-8(11)18-9/h1-3H,4H2,(H2,11,12). The fourth-order valence-electron chi connectivity index (χ4n) is 1.21. The van der Waals surface area contributed by atoms with E-state index in [4.69, 9.17) is 5.73 Å². The summed E-state index contributed by atoms with van der Waals surface area (Å²) < 4.78 is 14.0. The van der Waals surface area contributed by atoms with Gasteiger partial charge in [0.25, 0.3) is 0 Å². The third kappa shape index (κ3) is 2.93. The second kappa shape index (κ2) is 5.27. The summed E-state index contributed by atoms with van der Waals surface area (Å²) in [5, 5.41) is 18.3. The van der Waals surface area contributed by atoms with Gasteiger partial charge in [0.15, 0.2) is 4.34 Å². The van der Waals surface area contributed by atoms with Crippen LogP contribution in [0.4, 0.5) is 15.2 Å². The average molecular weight is 286 g/mol. The first-order valence-electron chi connectivity index (χ1n) is 4.71. The van der Waals surface area contributed by atoms with Gasteiger partial charge in [-0.25, -0.2) is 0 Å². The number of aromatic nitrogens is 2. The highest BCUT2D eigenvalue weighted by Gasteiger charge is 2.14. The van der Waals surface area contributed by atoms with Gasteiger partial charge in [-0.1, -0.05) is 29.2 Å². The second-order valence-electron chi connectivity index (χ2n) is 3.24. The summed E-state index contributed by atoms with van der Waals surface area (Å²) in [5.41, 5.74) is 5.53. The molecular weight excluding hydrogens is 279 g/mol. The lowest BCUT2D eigenvalue weighted by molar-refractivity contribution is -0.387. The summed E-state index contributed by atoms with van der Waals surface area (Å²) in [6.45, 7) is 0. The zero-order valence-electron chi connectivity index (χ0n) is 8.87. The molecule has 18 heavy (non-hydrogen) atoms. The van der Waals surface area contributed by atoms with Crippen LogP contribution in [0.1, 0.15) is 5.56 Å². The lowest BCUT2D eigenvalue weighted by atomic mass is 10.2. The van der Waals surface area contributed by atoms with Crippen LogP contribution >= 0.6 is 23.1 Å². The molecule has 2 N–H and O–H groups in total. The lowest BCUT2D eigenvalue weighted by Gasteiger charge is -1.99. The van der Waals surface area contributed by atoms with Crippen molar-refractivity contribution in [2.24, 2.45) is 0 Å². The maximum absolute atomic E-state index is 13.3. The molecule has 0 spiro atoms. The number of nitrogens with zero attached hydrogens (tertiary/aromatic N) is 3. The lowest BCUT2D eigenvalue weighted by Crippen LogP contribution is -1.93. The van der Waals surface area contributed by atoms with Gasteiger partial charge in [-0.2, -0.15) is 4.39 Å². The van der Waals surface area contributed by atoms with E-state index in [9.17, 15) is 14.5 Å². The van der Waals surface area contributed by atoms with Crippen LogP contribution in [0, 0.1) is 15.9 Å². The first kappa shape index (κ1) is 12.7. The number of nitro benzene ring substituents is 1. The third-order valence-electron chi connectivity index (χ3n) is 1.99. The van der Waals surface area contributed by atoms with Crippen LogP contribution in [-0.4, -0.2) is 15.1 Å². The first-order valence-corrected chi connectivity index (χ1v) is 6.51. The van der Waals surface area contributed by atoms with Crippen molar-refractivity contribution in [2.75, 3.05) is 5.73 Å². The van der Waals surface area contributed by atoms with E-state index in [1.807, 2.05) is 0 Å². The SMILES string of the molecule is Nc1nnc(SCc2ccc([N+](=O)[O-])c(F)c2)s1. The number of nitrogen functional groups attached to an aromatic ring is 1. The third-order valence-corrected chi connectivity index (χ3v) is 3.95. The first-order chi connectivity index (χ1) is 8.56. The average Bonchev–Trinajstić information content (AvgIpc) is 2.72. The minimum Gasteiger partial charge on any atom is -0.374 e. The highest BCUT2D eigenvalue weighted by Crippen LogP contribution is 2.28. The van der Waals surface area contributed by atoms with Gasteiger partial charge >= 0.3 is 5.69 Å². The van der Waals surface area contributed by atoms with Crippen LogP contribution in [0.3, 0.4) is 0 Å². The zero-order valence-corrected chi connectivity index (χ0v) is 10.5. The van der Waals surface area contributed by atoms with Crippen molar-refractivity contribution in [3.05, 3.63) is 39.7 Å². The molecule has 0 saturated carbocycles. The number of hydrogen-bond acceptors (Lipinski definition) is 7. The van der Waals surface area contributed by atoms with Crippen LogP contribution in [0.15, 0.2) is 22.5 Å². The molecule has 0 amide bonds. The molecule has 1 heterocycles. The topological polar surface area (TPSA) is 94.9 Å². The summed E-state index contributed by atoms with van der Waals surface area (Å²) in [7, 11) is 0. The van der Waals surface area contributed by atoms with Gasteiger partial charge in [-0.3, -0.25) is 10.1 Å². The van der Waals surface area contributed by atoms with Gasteiger partial charge in [-0.05, 0) is 11.6 Å². The molecule has 0 fully saturated rings. The Balaban J connectivity index is 2.06. The van der Waals surface area contributed by atoms with Gasteiger partial charge in [-0.15, -0.1) is 10.2 Å². The van der Waals surface area contributed by atoms with Crippen LogP contribution in [0.5, 0.6) is 0 Å². The second-order valence-corrected chi connectivity index (χ2v) is 5.47. The van der Waals surface area contributed by atoms with E-state index >= 15 is 0 Å². The van der Waals surface area contributed by atoms with Gasteiger partial charge in [0.05, 0.1) is 4.92 Å². The molecule has 1 aromatic carbocycles. The fourth-order valence-corrected chi connectivity index (χ4v) is 2.79. The van der Waals surface area contributed by atoms with E-state index in [2.05, 4.69) is 10.2 Å². The van der Waals surface area contributed by atoms with Gasteiger partial charge in [0.1, 0.15) is 0 Å². The molecule has 1 aromatic heterocycles. The maximum Gasteiger partial charge on any atom is 0.304 e. The molecule has 9 heteroatoms. The number of anilines is 1. The minimum absolute atomic E-state index is 0.368. The predicted octanol–water partition coefficient (Wildman–Crippen LogP) is 2.46. The number of benzene rings is 1. The summed E-state index contributed by atoms with van der Waals surface area (Å²) in [6, 6.07) is 3.81. The van der Waals surface area contributed by atoms with Crippen molar-refractivity contribution in [3.8, 4) is 0 Å². The largest absolute Gasteiger partial charge is 0.374 e. The summed E-state index contributed by atoms with van der Waals surface area (Å²) in [6.07, 6.45) is 0. The van der Waals surface area contributed by atoms with Crippen LogP contribution < -0.4 is 5.73 Å². The molecule has 0 aliphatic heterocycles. The van der Waals surface area contributed by atoms with E-state index < -0.39 is 16.4 Å². The monoisotopic (exact) mass is 286 g/mol. The normalized spacial score (nSPS) is 10.5. The van der Waals surface area contributed by atoms with E-state index in [1.54, 1.807) is 0 Å². The van der Waals surface area contributed by atoms with Crippen molar-refractivity contribution >= 4 is 33.9 Å². The van der Waals surface area contributed by atoms with Gasteiger partial charge in [0.2, 0.25) is 10.9 Å². The molecule has 0 saturated heterocycles. The van der Waals surface area contributed by atoms with Crippen molar-refractivity contribution in [3.63, 3.8) is 0 Å². The highest BCUT2D eigenvalue weighted by atomic mass is 32.2. The van der Waals surface area contributed by atoms with Crippen molar-refractivity contribution in [2.45, 2.75) is 10.1 Å². The summed E-state index contributed by atoms with van der Waals surface area (Å²) in [5.74, 6) is -0.390. The Labute approximate surface area is 109 Å². The fraction of sp³-hybridized carbons (Fsp3) is 0.111. The summed E-state index contributed by atoms with van der Waals surface area (Å²) in [4.78, 5) is 9.69. The Morgan fingerprint density at radius 2 is 2.28 bits per heavy atom. The van der Waals surface area contributed by atoms with Gasteiger partial charge < -0.3 is 5.73 Å². The minimum atomic E-state index is -0.838. The Bertz CT molecular complexity index is 590. The molecule has 0 bridgehead atoms. The van der Waals surface area contributed by atoms with Crippen molar-refractivity contribution in [1.29, 1.82) is 0 Å². The molecule has 0 atom stereocenters. The van der Waals surface area contributed by atoms with E-state index in [1.165, 1.54) is 29.2 Å². The Morgan fingerprint density at radius 1 is 1.50 bits per heavy atom. The van der Waals surface area contributed by atoms with E-state index in [0.717, 1.165) is 12.1 Å². The smallest absolute Gasteiger partial charge is 0.304 e. The van der Waals surface area contributed by atoms with Crippen LogP contribution in [-0.2, 0) is 5.75 Å². The molecule has 2 aromatic rings.